The lowest BCUT2D eigenvalue weighted by atomic mass is 10.2. The van der Waals surface area contributed by atoms with Gasteiger partial charge in [0.15, 0.2) is 11.5 Å². The van der Waals surface area contributed by atoms with E-state index >= 15 is 0 Å². The van der Waals surface area contributed by atoms with Gasteiger partial charge in [0.2, 0.25) is 0 Å². The number of carboxylic acid groups (broad SMARTS) is 1. The van der Waals surface area contributed by atoms with E-state index < -0.39 is 11.1 Å². The minimum atomic E-state index is -1.02. The standard InChI is InChI=1S/C15H19NO7/c1-21-14-11-12(6-8-15(17)18)5-7-13(14)22-9-3-2-4-10-23-16(19)20/h5-8,11H,2-4,9-10H2,1H3,(H,17,18). The molecule has 0 bridgehead atoms. The van der Waals surface area contributed by atoms with E-state index in [1.165, 1.54) is 13.2 Å². The summed E-state index contributed by atoms with van der Waals surface area (Å²) in [5.74, 6) is 0.0427. The minimum Gasteiger partial charge on any atom is -0.493 e. The Morgan fingerprint density at radius 2 is 2.00 bits per heavy atom. The molecule has 126 valence electrons. The predicted molar refractivity (Wildman–Crippen MR) is 82.0 cm³/mol. The molecule has 0 heterocycles. The largest absolute Gasteiger partial charge is 0.493 e. The van der Waals surface area contributed by atoms with Gasteiger partial charge in [-0.3, -0.25) is 0 Å². The Morgan fingerprint density at radius 3 is 2.65 bits per heavy atom. The quantitative estimate of drug-likeness (QED) is 0.288. The van der Waals surface area contributed by atoms with Crippen LogP contribution >= 0.6 is 0 Å². The summed E-state index contributed by atoms with van der Waals surface area (Å²) < 4.78 is 10.8. The van der Waals surface area contributed by atoms with Gasteiger partial charge >= 0.3 is 5.97 Å². The topological polar surface area (TPSA) is 108 Å². The van der Waals surface area contributed by atoms with E-state index in [0.717, 1.165) is 18.9 Å². The van der Waals surface area contributed by atoms with E-state index in [4.69, 9.17) is 14.6 Å². The van der Waals surface area contributed by atoms with E-state index in [2.05, 4.69) is 4.84 Å². The number of aliphatic carboxylic acids is 1. The molecule has 0 fully saturated rings. The molecule has 8 nitrogen and oxygen atoms in total. The number of rotatable bonds is 11. The third-order valence-electron chi connectivity index (χ3n) is 2.85. The fourth-order valence-corrected chi connectivity index (χ4v) is 1.78. The second kappa shape index (κ2) is 10.0. The third kappa shape index (κ3) is 7.70. The number of nitrogens with zero attached hydrogens (tertiary/aromatic N) is 1. The fourth-order valence-electron chi connectivity index (χ4n) is 1.78. The van der Waals surface area contributed by atoms with Gasteiger partial charge in [0.25, 0.3) is 5.09 Å². The molecule has 0 unspecified atom stereocenters. The molecule has 0 saturated carbocycles. The molecule has 8 heteroatoms. The number of benzene rings is 1. The molecule has 0 aliphatic rings. The maximum absolute atomic E-state index is 10.5. The molecule has 0 aliphatic heterocycles. The van der Waals surface area contributed by atoms with Crippen LogP contribution in [0.15, 0.2) is 24.3 Å². The number of unbranched alkanes of at least 4 members (excludes halogenated alkanes) is 2. The SMILES string of the molecule is COc1cc(C=CC(=O)O)ccc1OCCCCCO[N+](=O)[O-]. The Morgan fingerprint density at radius 1 is 1.26 bits per heavy atom. The summed E-state index contributed by atoms with van der Waals surface area (Å²) in [7, 11) is 1.50. The van der Waals surface area contributed by atoms with Gasteiger partial charge < -0.3 is 19.4 Å². The van der Waals surface area contributed by atoms with Gasteiger partial charge in [-0.25, -0.2) is 4.79 Å². The highest BCUT2D eigenvalue weighted by Gasteiger charge is 2.05. The number of hydrogen-bond donors (Lipinski definition) is 1. The first kappa shape index (κ1) is 18.3. The molecule has 1 rings (SSSR count). The van der Waals surface area contributed by atoms with Gasteiger partial charge in [0, 0.05) is 6.08 Å². The van der Waals surface area contributed by atoms with Crippen LogP contribution in [0.25, 0.3) is 6.08 Å². The van der Waals surface area contributed by atoms with Crippen LogP contribution in [0.5, 0.6) is 11.5 Å². The van der Waals surface area contributed by atoms with Crippen molar-refractivity contribution in [1.29, 1.82) is 0 Å². The maximum atomic E-state index is 10.5. The lowest BCUT2D eigenvalue weighted by molar-refractivity contribution is -0.757. The summed E-state index contributed by atoms with van der Waals surface area (Å²) >= 11 is 0. The molecule has 1 aromatic rings. The van der Waals surface area contributed by atoms with Crippen molar-refractivity contribution in [3.8, 4) is 11.5 Å². The summed E-state index contributed by atoms with van der Waals surface area (Å²) in [4.78, 5) is 24.7. The Bertz CT molecular complexity index is 557. The van der Waals surface area contributed by atoms with Crippen molar-refractivity contribution in [2.24, 2.45) is 0 Å². The smallest absolute Gasteiger partial charge is 0.328 e. The number of carbonyl (C=O) groups is 1. The third-order valence-corrected chi connectivity index (χ3v) is 2.85. The van der Waals surface area contributed by atoms with Crippen molar-refractivity contribution in [3.05, 3.63) is 40.0 Å². The molecule has 0 radical (unpaired) electrons. The first-order valence-electron chi connectivity index (χ1n) is 7.02. The minimum absolute atomic E-state index is 0.0843. The molecular formula is C15H19NO7. The van der Waals surface area contributed by atoms with Gasteiger partial charge in [-0.1, -0.05) is 6.07 Å². The molecule has 0 aromatic heterocycles. The Hall–Kier alpha value is -2.77. The monoisotopic (exact) mass is 325 g/mol. The van der Waals surface area contributed by atoms with Crippen LogP contribution in [0, 0.1) is 10.1 Å². The fraction of sp³-hybridized carbons (Fsp3) is 0.400. The summed E-state index contributed by atoms with van der Waals surface area (Å²) in [6.45, 7) is 0.528. The van der Waals surface area contributed by atoms with Crippen molar-refractivity contribution in [2.75, 3.05) is 20.3 Å². The van der Waals surface area contributed by atoms with Crippen LogP contribution in [0.2, 0.25) is 0 Å². The normalized spacial score (nSPS) is 10.5. The van der Waals surface area contributed by atoms with Gasteiger partial charge in [-0.05, 0) is 43.0 Å². The Kier molecular flexibility index (Phi) is 7.98. The molecule has 0 saturated heterocycles. The number of carboxylic acids is 1. The van der Waals surface area contributed by atoms with E-state index in [-0.39, 0.29) is 6.61 Å². The van der Waals surface area contributed by atoms with Gasteiger partial charge in [0.05, 0.1) is 20.3 Å². The van der Waals surface area contributed by atoms with E-state index in [1.54, 1.807) is 18.2 Å². The summed E-state index contributed by atoms with van der Waals surface area (Å²) in [6, 6.07) is 5.11. The van der Waals surface area contributed by atoms with Crippen molar-refractivity contribution in [3.63, 3.8) is 0 Å². The van der Waals surface area contributed by atoms with E-state index in [0.29, 0.717) is 30.1 Å². The van der Waals surface area contributed by atoms with Crippen molar-refractivity contribution in [1.82, 2.24) is 0 Å². The van der Waals surface area contributed by atoms with E-state index in [9.17, 15) is 14.9 Å². The lowest BCUT2D eigenvalue weighted by Gasteiger charge is -2.11. The van der Waals surface area contributed by atoms with Crippen molar-refractivity contribution < 1.29 is 29.3 Å². The predicted octanol–water partition coefficient (Wildman–Crippen LogP) is 2.55. The summed E-state index contributed by atoms with van der Waals surface area (Å²) in [5.41, 5.74) is 0.688. The highest BCUT2D eigenvalue weighted by Crippen LogP contribution is 2.28. The van der Waals surface area contributed by atoms with E-state index in [1.807, 2.05) is 0 Å². The molecule has 0 atom stereocenters. The van der Waals surface area contributed by atoms with Gasteiger partial charge in [-0.2, -0.15) is 0 Å². The zero-order chi connectivity index (χ0) is 17.1. The lowest BCUT2D eigenvalue weighted by Crippen LogP contribution is -2.03. The van der Waals surface area contributed by atoms with Crippen molar-refractivity contribution >= 4 is 12.0 Å². The molecule has 1 aromatic carbocycles. The highest BCUT2D eigenvalue weighted by atomic mass is 16.9. The average Bonchev–Trinajstić information content (AvgIpc) is 2.52. The second-order valence-electron chi connectivity index (χ2n) is 4.55. The van der Waals surface area contributed by atoms with Crippen molar-refractivity contribution in [2.45, 2.75) is 19.3 Å². The van der Waals surface area contributed by atoms with Crippen LogP contribution in [0.1, 0.15) is 24.8 Å². The molecule has 0 aliphatic carbocycles. The molecule has 23 heavy (non-hydrogen) atoms. The molecule has 0 spiro atoms. The summed E-state index contributed by atoms with van der Waals surface area (Å²) in [6.07, 6.45) is 4.56. The second-order valence-corrected chi connectivity index (χ2v) is 4.55. The zero-order valence-corrected chi connectivity index (χ0v) is 12.8. The molecule has 0 amide bonds. The van der Waals surface area contributed by atoms with Crippen LogP contribution in [-0.2, 0) is 9.63 Å². The Labute approximate surface area is 133 Å². The van der Waals surface area contributed by atoms with Crippen LogP contribution in [0.3, 0.4) is 0 Å². The first-order chi connectivity index (χ1) is 11.0. The average molecular weight is 325 g/mol. The maximum Gasteiger partial charge on any atom is 0.328 e. The Balaban J connectivity index is 2.41. The number of methoxy groups -OCH3 is 1. The van der Waals surface area contributed by atoms with Gasteiger partial charge in [0.1, 0.15) is 0 Å². The van der Waals surface area contributed by atoms with Crippen LogP contribution in [0.4, 0.5) is 0 Å². The number of hydrogen-bond acceptors (Lipinski definition) is 6. The van der Waals surface area contributed by atoms with Crippen LogP contribution in [-0.4, -0.2) is 36.5 Å². The summed E-state index contributed by atoms with van der Waals surface area (Å²) in [5, 5.41) is 17.8. The zero-order valence-electron chi connectivity index (χ0n) is 12.8. The molecular weight excluding hydrogens is 306 g/mol. The van der Waals surface area contributed by atoms with Gasteiger partial charge in [-0.15, -0.1) is 10.1 Å². The van der Waals surface area contributed by atoms with Crippen LogP contribution < -0.4 is 9.47 Å². The highest BCUT2D eigenvalue weighted by molar-refractivity contribution is 5.85. The first-order valence-corrected chi connectivity index (χ1v) is 7.02. The molecule has 1 N–H and O–H groups in total. The number of ether oxygens (including phenoxy) is 2.